The Morgan fingerprint density at radius 3 is 2.94 bits per heavy atom. The predicted octanol–water partition coefficient (Wildman–Crippen LogP) is 3.93. The quantitative estimate of drug-likeness (QED) is 0.867. The third-order valence-corrected chi connectivity index (χ3v) is 4.87. The highest BCUT2D eigenvalue weighted by Gasteiger charge is 2.24. The number of nitrogens with one attached hydrogen (secondary N) is 1. The first-order chi connectivity index (χ1) is 8.31. The first-order valence-corrected chi connectivity index (χ1v) is 7.77. The van der Waals surface area contributed by atoms with Gasteiger partial charge in [0.05, 0.1) is 0 Å². The van der Waals surface area contributed by atoms with Crippen molar-refractivity contribution in [3.63, 3.8) is 0 Å². The molecule has 2 atom stereocenters. The molecule has 1 aromatic rings. The molecule has 0 aliphatic carbocycles. The van der Waals surface area contributed by atoms with Gasteiger partial charge in [-0.25, -0.2) is 0 Å². The van der Waals surface area contributed by atoms with Crippen molar-refractivity contribution in [3.8, 4) is 0 Å². The van der Waals surface area contributed by atoms with Crippen molar-refractivity contribution >= 4 is 11.8 Å². The summed E-state index contributed by atoms with van der Waals surface area (Å²) in [5.41, 5.74) is 2.83. The maximum absolute atomic E-state index is 3.68. The lowest BCUT2D eigenvalue weighted by atomic mass is 9.98. The maximum Gasteiger partial charge on any atom is 0.0440 e. The molecule has 1 aliphatic heterocycles. The molecule has 1 heterocycles. The second kappa shape index (κ2) is 6.46. The Morgan fingerprint density at radius 1 is 1.41 bits per heavy atom. The molecule has 0 amide bonds. The highest BCUT2D eigenvalue weighted by Crippen LogP contribution is 2.34. The van der Waals surface area contributed by atoms with Crippen LogP contribution in [-0.4, -0.2) is 17.5 Å². The van der Waals surface area contributed by atoms with Crippen molar-refractivity contribution < 1.29 is 0 Å². The molecular formula is C15H23NS. The van der Waals surface area contributed by atoms with Gasteiger partial charge in [-0.15, -0.1) is 0 Å². The minimum atomic E-state index is 0.533. The molecule has 0 bridgehead atoms. The Bertz CT molecular complexity index is 345. The summed E-state index contributed by atoms with van der Waals surface area (Å²) in [6.45, 7) is 5.44. The molecule has 0 saturated carbocycles. The van der Waals surface area contributed by atoms with E-state index in [4.69, 9.17) is 0 Å². The van der Waals surface area contributed by atoms with Crippen LogP contribution < -0.4 is 5.32 Å². The van der Waals surface area contributed by atoms with Crippen LogP contribution >= 0.6 is 11.8 Å². The molecular weight excluding hydrogens is 226 g/mol. The monoisotopic (exact) mass is 249 g/mol. The van der Waals surface area contributed by atoms with E-state index in [2.05, 4.69) is 55.2 Å². The van der Waals surface area contributed by atoms with E-state index in [9.17, 15) is 0 Å². The van der Waals surface area contributed by atoms with E-state index in [0.29, 0.717) is 6.04 Å². The Morgan fingerprint density at radius 2 is 2.29 bits per heavy atom. The van der Waals surface area contributed by atoms with Crippen LogP contribution in [0.25, 0.3) is 0 Å². The van der Waals surface area contributed by atoms with E-state index in [1.807, 2.05) is 0 Å². The van der Waals surface area contributed by atoms with Crippen LogP contribution in [0.3, 0.4) is 0 Å². The van der Waals surface area contributed by atoms with Gasteiger partial charge < -0.3 is 5.32 Å². The minimum absolute atomic E-state index is 0.533. The summed E-state index contributed by atoms with van der Waals surface area (Å²) >= 11 is 2.15. The minimum Gasteiger partial charge on any atom is -0.309 e. The van der Waals surface area contributed by atoms with E-state index in [0.717, 1.165) is 11.8 Å². The van der Waals surface area contributed by atoms with Crippen molar-refractivity contribution in [1.82, 2.24) is 5.32 Å². The topological polar surface area (TPSA) is 12.0 Å². The van der Waals surface area contributed by atoms with Gasteiger partial charge in [0.25, 0.3) is 0 Å². The number of rotatable bonds is 4. The van der Waals surface area contributed by atoms with Gasteiger partial charge in [0, 0.05) is 11.3 Å². The third-order valence-electron chi connectivity index (χ3n) is 3.41. The van der Waals surface area contributed by atoms with Crippen molar-refractivity contribution in [2.45, 2.75) is 44.4 Å². The van der Waals surface area contributed by atoms with Crippen molar-refractivity contribution in [1.29, 1.82) is 0 Å². The second-order valence-electron chi connectivity index (χ2n) is 4.85. The fourth-order valence-electron chi connectivity index (χ4n) is 2.58. The molecule has 94 valence electrons. The van der Waals surface area contributed by atoms with Gasteiger partial charge >= 0.3 is 0 Å². The van der Waals surface area contributed by atoms with Gasteiger partial charge in [0.1, 0.15) is 0 Å². The van der Waals surface area contributed by atoms with E-state index < -0.39 is 0 Å². The molecule has 17 heavy (non-hydrogen) atoms. The van der Waals surface area contributed by atoms with Gasteiger partial charge in [-0.1, -0.05) is 43.2 Å². The molecule has 1 N–H and O–H groups in total. The second-order valence-corrected chi connectivity index (χ2v) is 6.20. The smallest absolute Gasteiger partial charge is 0.0440 e. The average molecular weight is 249 g/mol. The Hall–Kier alpha value is -0.470. The van der Waals surface area contributed by atoms with Gasteiger partial charge in [-0.05, 0) is 37.6 Å². The van der Waals surface area contributed by atoms with Crippen LogP contribution in [0.1, 0.15) is 43.4 Å². The van der Waals surface area contributed by atoms with Crippen molar-refractivity contribution in [3.05, 3.63) is 35.4 Å². The number of thioether (sulfide) groups is 1. The summed E-state index contributed by atoms with van der Waals surface area (Å²) in [7, 11) is 0. The van der Waals surface area contributed by atoms with E-state index in [1.165, 1.54) is 36.1 Å². The lowest BCUT2D eigenvalue weighted by Gasteiger charge is -2.31. The SMILES string of the molecule is CCNC(c1cccc(C)c1)C1CCCCS1. The molecule has 1 nitrogen and oxygen atoms in total. The summed E-state index contributed by atoms with van der Waals surface area (Å²) in [5, 5.41) is 4.43. The highest BCUT2D eigenvalue weighted by molar-refractivity contribution is 8.00. The normalized spacial score (nSPS) is 22.4. The van der Waals surface area contributed by atoms with Gasteiger partial charge in [0.2, 0.25) is 0 Å². The molecule has 2 heteroatoms. The first kappa shape index (κ1) is 13.0. The fraction of sp³-hybridized carbons (Fsp3) is 0.600. The third kappa shape index (κ3) is 3.49. The zero-order valence-corrected chi connectivity index (χ0v) is 11.7. The van der Waals surface area contributed by atoms with Crippen LogP contribution in [0.15, 0.2) is 24.3 Å². The van der Waals surface area contributed by atoms with Gasteiger partial charge in [0.15, 0.2) is 0 Å². The standard InChI is InChI=1S/C15H23NS/c1-3-16-15(14-9-4-5-10-17-14)13-8-6-7-12(2)11-13/h6-8,11,14-16H,3-5,9-10H2,1-2H3. The summed E-state index contributed by atoms with van der Waals surface area (Å²) in [4.78, 5) is 0. The zero-order valence-electron chi connectivity index (χ0n) is 10.9. The molecule has 2 unspecified atom stereocenters. The van der Waals surface area contributed by atoms with Crippen molar-refractivity contribution in [2.75, 3.05) is 12.3 Å². The molecule has 0 spiro atoms. The zero-order chi connectivity index (χ0) is 12.1. The van der Waals surface area contributed by atoms with Crippen molar-refractivity contribution in [2.24, 2.45) is 0 Å². The summed E-state index contributed by atoms with van der Waals surface area (Å²) in [5.74, 6) is 1.33. The molecule has 1 aromatic carbocycles. The first-order valence-electron chi connectivity index (χ1n) is 6.73. The summed E-state index contributed by atoms with van der Waals surface area (Å²) in [6.07, 6.45) is 4.15. The fourth-order valence-corrected chi connectivity index (χ4v) is 4.03. The molecule has 0 aromatic heterocycles. The number of aryl methyl sites for hydroxylation is 1. The highest BCUT2D eigenvalue weighted by atomic mass is 32.2. The number of hydrogen-bond donors (Lipinski definition) is 1. The van der Waals surface area contributed by atoms with Gasteiger partial charge in [-0.3, -0.25) is 0 Å². The van der Waals surface area contributed by atoms with Gasteiger partial charge in [-0.2, -0.15) is 11.8 Å². The van der Waals surface area contributed by atoms with E-state index >= 15 is 0 Å². The maximum atomic E-state index is 3.68. The molecule has 1 aliphatic rings. The van der Waals surface area contributed by atoms with Crippen LogP contribution in [0.4, 0.5) is 0 Å². The van der Waals surface area contributed by atoms with Crippen LogP contribution in [0.2, 0.25) is 0 Å². The predicted molar refractivity (Wildman–Crippen MR) is 77.7 cm³/mol. The Labute approximate surface area is 109 Å². The van der Waals surface area contributed by atoms with E-state index in [1.54, 1.807) is 0 Å². The molecule has 1 saturated heterocycles. The lowest BCUT2D eigenvalue weighted by Crippen LogP contribution is -2.31. The van der Waals surface area contributed by atoms with Crippen LogP contribution in [0.5, 0.6) is 0 Å². The summed E-state index contributed by atoms with van der Waals surface area (Å²) < 4.78 is 0. The van der Waals surface area contributed by atoms with Crippen LogP contribution in [0, 0.1) is 6.92 Å². The van der Waals surface area contributed by atoms with E-state index in [-0.39, 0.29) is 0 Å². The number of hydrogen-bond acceptors (Lipinski definition) is 2. The van der Waals surface area contributed by atoms with Crippen LogP contribution in [-0.2, 0) is 0 Å². The molecule has 0 radical (unpaired) electrons. The Balaban J connectivity index is 2.15. The molecule has 2 rings (SSSR count). The summed E-state index contributed by atoms with van der Waals surface area (Å²) in [6, 6.07) is 9.51. The molecule has 1 fully saturated rings. The lowest BCUT2D eigenvalue weighted by molar-refractivity contribution is 0.491. The Kier molecular flexibility index (Phi) is 4.93. The average Bonchev–Trinajstić information content (AvgIpc) is 2.37. The largest absolute Gasteiger partial charge is 0.309 e. The number of benzene rings is 1.